The van der Waals surface area contributed by atoms with Crippen molar-refractivity contribution >= 4 is 5.91 Å². The highest BCUT2D eigenvalue weighted by molar-refractivity contribution is 5.78. The molecule has 1 aliphatic heterocycles. The number of hydrogen-bond acceptors (Lipinski definition) is 5. The van der Waals surface area contributed by atoms with E-state index in [0.29, 0.717) is 29.8 Å². The summed E-state index contributed by atoms with van der Waals surface area (Å²) in [4.78, 5) is 18.0. The first-order chi connectivity index (χ1) is 11.7. The summed E-state index contributed by atoms with van der Waals surface area (Å²) in [5, 5.41) is 0. The van der Waals surface area contributed by atoms with Gasteiger partial charge in [-0.25, -0.2) is 4.98 Å². The van der Waals surface area contributed by atoms with Gasteiger partial charge in [0, 0.05) is 25.4 Å². The van der Waals surface area contributed by atoms with Crippen LogP contribution in [-0.2, 0) is 4.79 Å². The van der Waals surface area contributed by atoms with Gasteiger partial charge in [-0.1, -0.05) is 6.07 Å². The first kappa shape index (κ1) is 16.3. The van der Waals surface area contributed by atoms with Crippen LogP contribution in [0.2, 0.25) is 0 Å². The highest BCUT2D eigenvalue weighted by atomic mass is 16.5. The van der Waals surface area contributed by atoms with Gasteiger partial charge >= 0.3 is 0 Å². The fourth-order valence-electron chi connectivity index (χ4n) is 2.62. The summed E-state index contributed by atoms with van der Waals surface area (Å²) in [5.41, 5.74) is 5.65. The molecule has 0 aliphatic carbocycles. The molecule has 1 aromatic heterocycles. The maximum Gasteiger partial charge on any atom is 0.260 e. The third kappa shape index (κ3) is 4.23. The standard InChI is InChI=1S/C18H21N3O3/c19-11-14-8-10-21(12-14)18(22)13-23-15-4-6-16(7-5-15)24-17-3-1-2-9-20-17/h1-7,9,14H,8,10-13,19H2. The van der Waals surface area contributed by atoms with Gasteiger partial charge in [-0.05, 0) is 49.2 Å². The summed E-state index contributed by atoms with van der Waals surface area (Å²) in [5.74, 6) is 2.24. The Morgan fingerprint density at radius 3 is 2.67 bits per heavy atom. The smallest absolute Gasteiger partial charge is 0.260 e. The number of carbonyl (C=O) groups is 1. The van der Waals surface area contributed by atoms with E-state index in [4.69, 9.17) is 15.2 Å². The van der Waals surface area contributed by atoms with Gasteiger partial charge in [0.15, 0.2) is 6.61 Å². The van der Waals surface area contributed by atoms with E-state index in [1.807, 2.05) is 17.0 Å². The molecule has 1 amide bonds. The Bertz CT molecular complexity index is 661. The lowest BCUT2D eigenvalue weighted by Gasteiger charge is -2.16. The van der Waals surface area contributed by atoms with Crippen LogP contribution in [0.5, 0.6) is 17.4 Å². The molecular weight excluding hydrogens is 306 g/mol. The second kappa shape index (κ2) is 7.79. The number of ether oxygens (including phenoxy) is 2. The van der Waals surface area contributed by atoms with Gasteiger partial charge in [0.1, 0.15) is 11.5 Å². The molecule has 1 unspecified atom stereocenters. The Balaban J connectivity index is 1.48. The number of aromatic nitrogens is 1. The molecule has 6 heteroatoms. The summed E-state index contributed by atoms with van der Waals surface area (Å²) in [7, 11) is 0. The minimum absolute atomic E-state index is 0.000220. The van der Waals surface area contributed by atoms with Crippen molar-refractivity contribution in [2.24, 2.45) is 11.7 Å². The van der Waals surface area contributed by atoms with Gasteiger partial charge in [0.05, 0.1) is 0 Å². The molecule has 2 heterocycles. The Morgan fingerprint density at radius 1 is 1.21 bits per heavy atom. The lowest BCUT2D eigenvalue weighted by molar-refractivity contribution is -0.132. The van der Waals surface area contributed by atoms with E-state index < -0.39 is 0 Å². The maximum absolute atomic E-state index is 12.1. The number of pyridine rings is 1. The number of likely N-dealkylation sites (tertiary alicyclic amines) is 1. The third-order valence-electron chi connectivity index (χ3n) is 4.02. The Hall–Kier alpha value is -2.60. The van der Waals surface area contributed by atoms with E-state index >= 15 is 0 Å². The van der Waals surface area contributed by atoms with Crippen LogP contribution in [0.3, 0.4) is 0 Å². The van der Waals surface area contributed by atoms with Gasteiger partial charge in [-0.2, -0.15) is 0 Å². The lowest BCUT2D eigenvalue weighted by Crippen LogP contribution is -2.33. The van der Waals surface area contributed by atoms with Gasteiger partial charge in [0.2, 0.25) is 5.88 Å². The zero-order valence-corrected chi connectivity index (χ0v) is 13.4. The second-order valence-electron chi connectivity index (χ2n) is 5.76. The van der Waals surface area contributed by atoms with Gasteiger partial charge in [0.25, 0.3) is 5.91 Å². The van der Waals surface area contributed by atoms with Crippen LogP contribution in [0.1, 0.15) is 6.42 Å². The SMILES string of the molecule is NCC1CCN(C(=O)COc2ccc(Oc3ccccn3)cc2)C1. The minimum Gasteiger partial charge on any atom is -0.484 e. The first-order valence-electron chi connectivity index (χ1n) is 8.04. The predicted octanol–water partition coefficient (Wildman–Crippen LogP) is 2.06. The monoisotopic (exact) mass is 327 g/mol. The fourth-order valence-corrected chi connectivity index (χ4v) is 2.62. The molecule has 1 aliphatic rings. The van der Waals surface area contributed by atoms with Crippen LogP contribution >= 0.6 is 0 Å². The molecule has 2 N–H and O–H groups in total. The zero-order chi connectivity index (χ0) is 16.8. The quantitative estimate of drug-likeness (QED) is 0.879. The lowest BCUT2D eigenvalue weighted by atomic mass is 10.1. The zero-order valence-electron chi connectivity index (χ0n) is 13.4. The van der Waals surface area contributed by atoms with Crippen molar-refractivity contribution in [2.45, 2.75) is 6.42 Å². The van der Waals surface area contributed by atoms with Crippen molar-refractivity contribution < 1.29 is 14.3 Å². The van der Waals surface area contributed by atoms with Crippen LogP contribution in [0.15, 0.2) is 48.7 Å². The van der Waals surface area contributed by atoms with Crippen LogP contribution < -0.4 is 15.2 Å². The van der Waals surface area contributed by atoms with E-state index in [1.165, 1.54) is 0 Å². The second-order valence-corrected chi connectivity index (χ2v) is 5.76. The van der Waals surface area contributed by atoms with E-state index in [1.54, 1.807) is 36.5 Å². The average Bonchev–Trinajstić information content (AvgIpc) is 3.11. The van der Waals surface area contributed by atoms with Crippen LogP contribution in [0, 0.1) is 5.92 Å². The molecule has 1 aromatic carbocycles. The van der Waals surface area contributed by atoms with Gasteiger partial charge in [-0.15, -0.1) is 0 Å². The number of hydrogen-bond donors (Lipinski definition) is 1. The molecule has 1 fully saturated rings. The van der Waals surface area contributed by atoms with Crippen LogP contribution in [0.25, 0.3) is 0 Å². The van der Waals surface area contributed by atoms with Crippen molar-refractivity contribution in [1.82, 2.24) is 9.88 Å². The summed E-state index contributed by atoms with van der Waals surface area (Å²) >= 11 is 0. The number of nitrogens with two attached hydrogens (primary N) is 1. The van der Waals surface area contributed by atoms with Crippen molar-refractivity contribution in [3.8, 4) is 17.4 Å². The number of benzene rings is 1. The normalized spacial score (nSPS) is 16.9. The largest absolute Gasteiger partial charge is 0.484 e. The molecule has 3 rings (SSSR count). The molecule has 126 valence electrons. The summed E-state index contributed by atoms with van der Waals surface area (Å²) in [6.07, 6.45) is 2.65. The summed E-state index contributed by atoms with van der Waals surface area (Å²) < 4.78 is 11.2. The van der Waals surface area contributed by atoms with Crippen LogP contribution in [0.4, 0.5) is 0 Å². The average molecular weight is 327 g/mol. The molecule has 0 radical (unpaired) electrons. The Morgan fingerprint density at radius 2 is 2.00 bits per heavy atom. The number of nitrogens with zero attached hydrogens (tertiary/aromatic N) is 2. The highest BCUT2D eigenvalue weighted by Gasteiger charge is 2.25. The molecule has 0 saturated carbocycles. The van der Waals surface area contributed by atoms with Gasteiger partial charge in [-0.3, -0.25) is 4.79 Å². The number of rotatable bonds is 6. The summed E-state index contributed by atoms with van der Waals surface area (Å²) in [6, 6.07) is 12.6. The van der Waals surface area contributed by atoms with E-state index in [0.717, 1.165) is 19.5 Å². The molecule has 0 spiro atoms. The van der Waals surface area contributed by atoms with Crippen molar-refractivity contribution in [2.75, 3.05) is 26.2 Å². The van der Waals surface area contributed by atoms with Gasteiger partial charge < -0.3 is 20.1 Å². The molecule has 0 bridgehead atoms. The van der Waals surface area contributed by atoms with E-state index in [2.05, 4.69) is 4.98 Å². The first-order valence-corrected chi connectivity index (χ1v) is 8.04. The molecule has 2 aromatic rings. The number of carbonyl (C=O) groups excluding carboxylic acids is 1. The maximum atomic E-state index is 12.1. The van der Waals surface area contributed by atoms with Crippen LogP contribution in [-0.4, -0.2) is 42.0 Å². The highest BCUT2D eigenvalue weighted by Crippen LogP contribution is 2.22. The molecule has 24 heavy (non-hydrogen) atoms. The molecule has 6 nitrogen and oxygen atoms in total. The fraction of sp³-hybridized carbons (Fsp3) is 0.333. The molecule has 1 atom stereocenters. The van der Waals surface area contributed by atoms with E-state index in [-0.39, 0.29) is 12.5 Å². The molecular formula is C18H21N3O3. The topological polar surface area (TPSA) is 77.7 Å². The minimum atomic E-state index is -0.000220. The van der Waals surface area contributed by atoms with Crippen molar-refractivity contribution in [1.29, 1.82) is 0 Å². The Kier molecular flexibility index (Phi) is 5.28. The van der Waals surface area contributed by atoms with Crippen molar-refractivity contribution in [3.05, 3.63) is 48.7 Å². The van der Waals surface area contributed by atoms with E-state index in [9.17, 15) is 4.79 Å². The third-order valence-corrected chi connectivity index (χ3v) is 4.02. The Labute approximate surface area is 141 Å². The number of amides is 1. The predicted molar refractivity (Wildman–Crippen MR) is 90.0 cm³/mol. The summed E-state index contributed by atoms with van der Waals surface area (Å²) in [6.45, 7) is 2.16. The molecule has 1 saturated heterocycles. The van der Waals surface area contributed by atoms with Crippen molar-refractivity contribution in [3.63, 3.8) is 0 Å².